The van der Waals surface area contributed by atoms with Crippen molar-refractivity contribution in [3.63, 3.8) is 0 Å². The van der Waals surface area contributed by atoms with Crippen molar-refractivity contribution in [3.05, 3.63) is 230 Å². The van der Waals surface area contributed by atoms with E-state index >= 15 is 0 Å². The predicted molar refractivity (Wildman–Crippen MR) is 318 cm³/mol. The summed E-state index contributed by atoms with van der Waals surface area (Å²) in [6.07, 6.45) is 0. The highest BCUT2D eigenvalue weighted by Gasteiger charge is 2.44. The van der Waals surface area contributed by atoms with Gasteiger partial charge in [-0.2, -0.15) is 0 Å². The van der Waals surface area contributed by atoms with Crippen molar-refractivity contribution in [2.24, 2.45) is 0 Å². The quantitative estimate of drug-likeness (QED) is 0.155. The Morgan fingerprint density at radius 2 is 1.00 bits per heavy atom. The van der Waals surface area contributed by atoms with Crippen LogP contribution in [0.1, 0.15) is 52.7 Å². The summed E-state index contributed by atoms with van der Waals surface area (Å²) in [6, 6.07) is 81.3. The van der Waals surface area contributed by atoms with Crippen LogP contribution >= 0.6 is 11.3 Å². The number of para-hydroxylation sites is 1. The number of fused-ring (bicyclic) bond motifs is 11. The molecule has 0 saturated carbocycles. The van der Waals surface area contributed by atoms with E-state index in [2.05, 4.69) is 269 Å². The third-order valence-corrected chi connectivity index (χ3v) is 16.7. The Bertz CT molecular complexity index is 4180. The fourth-order valence-corrected chi connectivity index (χ4v) is 13.0. The maximum Gasteiger partial charge on any atom is 0.252 e. The van der Waals surface area contributed by atoms with Crippen LogP contribution < -0.4 is 31.1 Å². The zero-order chi connectivity index (χ0) is 50.0. The Morgan fingerprint density at radius 3 is 1.74 bits per heavy atom. The second-order valence-electron chi connectivity index (χ2n) is 22.2. The first-order chi connectivity index (χ1) is 36.0. The van der Waals surface area contributed by atoms with Crippen molar-refractivity contribution >= 4 is 128 Å². The molecule has 2 aromatic heterocycles. The van der Waals surface area contributed by atoms with Crippen LogP contribution in [-0.2, 0) is 10.8 Å². The van der Waals surface area contributed by atoms with E-state index < -0.39 is 0 Å². The maximum atomic E-state index is 6.42. The Hall–Kier alpha value is -8.32. The zero-order valence-electron chi connectivity index (χ0n) is 42.5. The molecular formula is C68H54BN3OS. The molecule has 0 saturated heterocycles. The van der Waals surface area contributed by atoms with Crippen molar-refractivity contribution < 1.29 is 4.42 Å². The van der Waals surface area contributed by atoms with Crippen molar-refractivity contribution in [3.8, 4) is 11.1 Å². The van der Waals surface area contributed by atoms with Gasteiger partial charge in [0.15, 0.2) is 0 Å². The van der Waals surface area contributed by atoms with Gasteiger partial charge in [0.05, 0.1) is 5.69 Å². The molecule has 0 fully saturated rings. The number of hydrogen-bond donors (Lipinski definition) is 0. The summed E-state index contributed by atoms with van der Waals surface area (Å²) in [5.74, 6) is 0. The van der Waals surface area contributed by atoms with Crippen molar-refractivity contribution in [1.29, 1.82) is 0 Å². The summed E-state index contributed by atoms with van der Waals surface area (Å²) in [4.78, 5) is 7.55. The van der Waals surface area contributed by atoms with Crippen molar-refractivity contribution in [2.45, 2.75) is 52.4 Å². The first-order valence-corrected chi connectivity index (χ1v) is 26.7. The van der Waals surface area contributed by atoms with Crippen molar-refractivity contribution in [1.82, 2.24) is 0 Å². The summed E-state index contributed by atoms with van der Waals surface area (Å²) in [5.41, 5.74) is 20.9. The molecule has 2 aliphatic rings. The number of furan rings is 1. The lowest BCUT2D eigenvalue weighted by atomic mass is 9.33. The van der Waals surface area contributed by atoms with Gasteiger partial charge in [0.1, 0.15) is 11.2 Å². The number of hydrogen-bond acceptors (Lipinski definition) is 5. The third kappa shape index (κ3) is 7.03. The topological polar surface area (TPSA) is 22.9 Å². The molecule has 356 valence electrons. The minimum atomic E-state index is -0.0537. The van der Waals surface area contributed by atoms with E-state index in [1.807, 2.05) is 17.4 Å². The second-order valence-corrected chi connectivity index (χ2v) is 23.2. The van der Waals surface area contributed by atoms with Crippen LogP contribution in [0.2, 0.25) is 0 Å². The molecule has 0 radical (unpaired) electrons. The molecule has 0 amide bonds. The minimum Gasteiger partial charge on any atom is -0.456 e. The molecule has 0 aliphatic carbocycles. The Balaban J connectivity index is 1.04. The van der Waals surface area contributed by atoms with Crippen LogP contribution in [0.4, 0.5) is 51.2 Å². The van der Waals surface area contributed by atoms with Gasteiger partial charge in [0.2, 0.25) is 0 Å². The second kappa shape index (κ2) is 16.6. The molecule has 10 aromatic carbocycles. The van der Waals surface area contributed by atoms with E-state index in [4.69, 9.17) is 4.42 Å². The van der Waals surface area contributed by atoms with Gasteiger partial charge >= 0.3 is 0 Å². The standard InChI is InChI=1S/C68H54BN3OS/c1-67(2,3)45-26-30-47(31-27-45)71-57-22-15-23-58-65(57)69(56-37-39-63-64(53-21-11-13-25-62(53)74-63)66(56)72(58)48-32-28-46(29-33-48)68(4,5)6)55-36-34-51(42-59(55)71)70(49-19-14-18-44(40-49)43-16-8-7-9-17-43)50-35-38-61-54(41-50)52-20-10-12-24-60(52)73-61/h7-42H,1-6H3. The first-order valence-electron chi connectivity index (χ1n) is 25.9. The molecule has 6 heteroatoms. The SMILES string of the molecule is CC(C)(C)c1ccc(N2c3cc(N(c4cccc(-c5ccccc5)c4)c4ccc5oc6ccccc6c5c4)ccc3B3c4ccc5sc6ccccc6c5c4N(c4ccc(C(C)(C)C)cc4)c4cccc2c43)cc1. The van der Waals surface area contributed by atoms with Crippen molar-refractivity contribution in [2.75, 3.05) is 14.7 Å². The average molecular weight is 972 g/mol. The smallest absolute Gasteiger partial charge is 0.252 e. The summed E-state index contributed by atoms with van der Waals surface area (Å²) in [6.45, 7) is 13.7. The summed E-state index contributed by atoms with van der Waals surface area (Å²) in [5, 5.41) is 4.80. The highest BCUT2D eigenvalue weighted by atomic mass is 32.1. The molecule has 0 unspecified atom stereocenters. The van der Waals surface area contributed by atoms with Crippen LogP contribution in [-0.4, -0.2) is 6.71 Å². The van der Waals surface area contributed by atoms with Gasteiger partial charge in [-0.15, -0.1) is 11.3 Å². The minimum absolute atomic E-state index is 0.00261. The van der Waals surface area contributed by atoms with E-state index in [0.717, 1.165) is 61.6 Å². The highest BCUT2D eigenvalue weighted by Crippen LogP contribution is 2.50. The molecule has 12 aromatic rings. The molecule has 74 heavy (non-hydrogen) atoms. The molecule has 4 heterocycles. The molecule has 0 N–H and O–H groups in total. The van der Waals surface area contributed by atoms with Crippen LogP contribution in [0.15, 0.2) is 223 Å². The lowest BCUT2D eigenvalue weighted by Gasteiger charge is -2.44. The molecular weight excluding hydrogens is 918 g/mol. The largest absolute Gasteiger partial charge is 0.456 e. The number of benzene rings is 10. The van der Waals surface area contributed by atoms with E-state index in [9.17, 15) is 0 Å². The number of rotatable bonds is 6. The number of nitrogens with zero attached hydrogens (tertiary/aromatic N) is 3. The first kappa shape index (κ1) is 44.4. The van der Waals surface area contributed by atoms with Gasteiger partial charge in [0.25, 0.3) is 6.71 Å². The highest BCUT2D eigenvalue weighted by molar-refractivity contribution is 7.26. The summed E-state index contributed by atoms with van der Waals surface area (Å²) >= 11 is 1.89. The van der Waals surface area contributed by atoms with Crippen LogP contribution in [0, 0.1) is 0 Å². The van der Waals surface area contributed by atoms with Gasteiger partial charge in [-0.25, -0.2) is 0 Å². The predicted octanol–water partition coefficient (Wildman–Crippen LogP) is 17.8. The van der Waals surface area contributed by atoms with E-state index in [-0.39, 0.29) is 17.5 Å². The van der Waals surface area contributed by atoms with Crippen LogP contribution in [0.5, 0.6) is 0 Å². The molecule has 0 spiro atoms. The lowest BCUT2D eigenvalue weighted by Crippen LogP contribution is -2.61. The van der Waals surface area contributed by atoms with Gasteiger partial charge in [-0.3, -0.25) is 0 Å². The van der Waals surface area contributed by atoms with Crippen LogP contribution in [0.3, 0.4) is 0 Å². The third-order valence-electron chi connectivity index (χ3n) is 15.5. The van der Waals surface area contributed by atoms with E-state index in [1.54, 1.807) is 0 Å². The van der Waals surface area contributed by atoms with Crippen LogP contribution in [0.25, 0.3) is 53.2 Å². The van der Waals surface area contributed by atoms with E-state index in [0.29, 0.717) is 0 Å². The summed E-state index contributed by atoms with van der Waals surface area (Å²) < 4.78 is 9.01. The fraction of sp³-hybridized carbons (Fsp3) is 0.118. The lowest BCUT2D eigenvalue weighted by molar-refractivity contribution is 0.590. The Morgan fingerprint density at radius 1 is 0.419 bits per heavy atom. The number of thiophene rings is 1. The molecule has 0 atom stereocenters. The fourth-order valence-electron chi connectivity index (χ4n) is 11.9. The monoisotopic (exact) mass is 971 g/mol. The van der Waals surface area contributed by atoms with Gasteiger partial charge in [-0.05, 0) is 147 Å². The van der Waals surface area contributed by atoms with Gasteiger partial charge in [-0.1, -0.05) is 163 Å². The normalized spacial score (nSPS) is 13.2. The molecule has 0 bridgehead atoms. The zero-order valence-corrected chi connectivity index (χ0v) is 43.3. The Labute approximate surface area is 437 Å². The van der Waals surface area contributed by atoms with Gasteiger partial charge in [0, 0.05) is 76.4 Å². The average Bonchev–Trinajstić information content (AvgIpc) is 4.04. The summed E-state index contributed by atoms with van der Waals surface area (Å²) in [7, 11) is 0. The Kier molecular flexibility index (Phi) is 9.96. The molecule has 2 aliphatic heterocycles. The molecule has 4 nitrogen and oxygen atoms in total. The van der Waals surface area contributed by atoms with E-state index in [1.165, 1.54) is 70.3 Å². The maximum absolute atomic E-state index is 6.42. The number of anilines is 9. The van der Waals surface area contributed by atoms with Gasteiger partial charge < -0.3 is 19.1 Å². The molecule has 14 rings (SSSR count).